The minimum Gasteiger partial charge on any atom is -0.384 e. The van der Waals surface area contributed by atoms with E-state index >= 15 is 0 Å². The molecular weight excluding hydrogens is 172 g/mol. The molecule has 0 spiro atoms. The Bertz CT molecular complexity index is 353. The number of fused-ring (bicyclic) bond motifs is 1. The Hall–Kier alpha value is -1.02. The van der Waals surface area contributed by atoms with Crippen LogP contribution in [0.3, 0.4) is 0 Å². The minimum absolute atomic E-state index is 0.450. The van der Waals surface area contributed by atoms with Crippen LogP contribution < -0.4 is 11.1 Å². The Balaban J connectivity index is 1.86. The second-order valence-corrected chi connectivity index (χ2v) is 4.52. The molecule has 2 nitrogen and oxygen atoms in total. The molecule has 0 unspecified atom stereocenters. The first kappa shape index (κ1) is 8.30. The number of nitrogens with one attached hydrogen (secondary N) is 1. The first-order valence-corrected chi connectivity index (χ1v) is 5.45. The minimum atomic E-state index is 0.450. The normalized spacial score (nSPS) is 29.2. The summed E-state index contributed by atoms with van der Waals surface area (Å²) >= 11 is 0. The van der Waals surface area contributed by atoms with Crippen molar-refractivity contribution in [3.05, 3.63) is 29.3 Å². The predicted molar refractivity (Wildman–Crippen MR) is 58.6 cm³/mol. The molecule has 1 saturated carbocycles. The molecule has 74 valence electrons. The summed E-state index contributed by atoms with van der Waals surface area (Å²) in [5, 5.41) is 3.39. The van der Waals surface area contributed by atoms with Crippen LogP contribution in [0.5, 0.6) is 0 Å². The molecule has 0 atom stereocenters. The molecule has 2 heteroatoms. The van der Waals surface area contributed by atoms with E-state index in [-0.39, 0.29) is 0 Å². The molecule has 14 heavy (non-hydrogen) atoms. The van der Waals surface area contributed by atoms with E-state index < -0.39 is 0 Å². The van der Waals surface area contributed by atoms with Gasteiger partial charge in [0.1, 0.15) is 0 Å². The third-order valence-corrected chi connectivity index (χ3v) is 3.49. The van der Waals surface area contributed by atoms with Crippen LogP contribution in [0.25, 0.3) is 0 Å². The molecule has 1 fully saturated rings. The van der Waals surface area contributed by atoms with Gasteiger partial charge in [-0.1, -0.05) is 12.1 Å². The molecule has 2 aliphatic rings. The number of anilines is 1. The lowest BCUT2D eigenvalue weighted by Gasteiger charge is -2.33. The smallest absolute Gasteiger partial charge is 0.0373 e. The van der Waals surface area contributed by atoms with Crippen LogP contribution in [0.2, 0.25) is 0 Å². The fourth-order valence-electron chi connectivity index (χ4n) is 2.51. The standard InChI is InChI=1S/C12H16N2/c13-11-6-10(7-11)8-1-2-12-9(5-8)3-4-14-12/h1-2,5,10-11,14H,3-4,6-7,13H2. The summed E-state index contributed by atoms with van der Waals surface area (Å²) in [5.41, 5.74) is 10.1. The van der Waals surface area contributed by atoms with Gasteiger partial charge in [-0.15, -0.1) is 0 Å². The molecule has 1 aliphatic heterocycles. The van der Waals surface area contributed by atoms with E-state index in [9.17, 15) is 0 Å². The van der Waals surface area contributed by atoms with Gasteiger partial charge < -0.3 is 11.1 Å². The Labute approximate surface area is 84.5 Å². The summed E-state index contributed by atoms with van der Waals surface area (Å²) in [7, 11) is 0. The van der Waals surface area contributed by atoms with Crippen molar-refractivity contribution >= 4 is 5.69 Å². The topological polar surface area (TPSA) is 38.0 Å². The number of hydrogen-bond donors (Lipinski definition) is 2. The predicted octanol–water partition coefficient (Wildman–Crippen LogP) is 1.86. The second-order valence-electron chi connectivity index (χ2n) is 4.52. The van der Waals surface area contributed by atoms with Gasteiger partial charge in [0.2, 0.25) is 0 Å². The number of benzene rings is 1. The third-order valence-electron chi connectivity index (χ3n) is 3.49. The van der Waals surface area contributed by atoms with E-state index in [1.54, 1.807) is 0 Å². The fourth-order valence-corrected chi connectivity index (χ4v) is 2.51. The summed E-state index contributed by atoms with van der Waals surface area (Å²) in [6.07, 6.45) is 3.53. The van der Waals surface area contributed by atoms with Gasteiger partial charge in [-0.25, -0.2) is 0 Å². The number of rotatable bonds is 1. The lowest BCUT2D eigenvalue weighted by atomic mass is 9.76. The van der Waals surface area contributed by atoms with Gasteiger partial charge in [0.05, 0.1) is 0 Å². The molecule has 0 bridgehead atoms. The van der Waals surface area contributed by atoms with Gasteiger partial charge in [-0.05, 0) is 42.4 Å². The van der Waals surface area contributed by atoms with Gasteiger partial charge in [-0.3, -0.25) is 0 Å². The third kappa shape index (κ3) is 1.22. The molecule has 1 aromatic rings. The molecule has 1 aliphatic carbocycles. The molecule has 0 radical (unpaired) electrons. The molecule has 3 rings (SSSR count). The Morgan fingerprint density at radius 2 is 2.14 bits per heavy atom. The summed E-state index contributed by atoms with van der Waals surface area (Å²) in [6, 6.07) is 7.30. The van der Waals surface area contributed by atoms with Crippen LogP contribution in [0, 0.1) is 0 Å². The largest absolute Gasteiger partial charge is 0.384 e. The average molecular weight is 188 g/mol. The summed E-state index contributed by atoms with van der Waals surface area (Å²) in [5.74, 6) is 0.732. The average Bonchev–Trinajstić information content (AvgIpc) is 2.59. The van der Waals surface area contributed by atoms with Crippen LogP contribution in [0.4, 0.5) is 5.69 Å². The zero-order valence-electron chi connectivity index (χ0n) is 8.29. The highest BCUT2D eigenvalue weighted by Gasteiger charge is 2.27. The van der Waals surface area contributed by atoms with Gasteiger partial charge in [0.25, 0.3) is 0 Å². The van der Waals surface area contributed by atoms with Crippen LogP contribution in [-0.2, 0) is 6.42 Å². The van der Waals surface area contributed by atoms with Crippen LogP contribution in [-0.4, -0.2) is 12.6 Å². The van der Waals surface area contributed by atoms with Crippen molar-refractivity contribution in [3.63, 3.8) is 0 Å². The van der Waals surface area contributed by atoms with Gasteiger partial charge in [0.15, 0.2) is 0 Å². The van der Waals surface area contributed by atoms with E-state index in [4.69, 9.17) is 5.73 Å². The monoisotopic (exact) mass is 188 g/mol. The van der Waals surface area contributed by atoms with Crippen molar-refractivity contribution in [1.29, 1.82) is 0 Å². The van der Waals surface area contributed by atoms with Crippen LogP contribution >= 0.6 is 0 Å². The second kappa shape index (κ2) is 2.99. The molecular formula is C12H16N2. The maximum Gasteiger partial charge on any atom is 0.0373 e. The summed E-state index contributed by atoms with van der Waals surface area (Å²) in [4.78, 5) is 0. The highest BCUT2D eigenvalue weighted by atomic mass is 14.9. The summed E-state index contributed by atoms with van der Waals surface area (Å²) in [6.45, 7) is 1.10. The van der Waals surface area contributed by atoms with Crippen LogP contribution in [0.15, 0.2) is 18.2 Å². The summed E-state index contributed by atoms with van der Waals surface area (Å²) < 4.78 is 0. The van der Waals surface area contributed by atoms with Gasteiger partial charge >= 0.3 is 0 Å². The van der Waals surface area contributed by atoms with Crippen molar-refractivity contribution in [2.24, 2.45) is 5.73 Å². The molecule has 3 N–H and O–H groups in total. The molecule has 1 aromatic carbocycles. The maximum atomic E-state index is 5.81. The van der Waals surface area contributed by atoms with Crippen LogP contribution in [0.1, 0.15) is 29.9 Å². The quantitative estimate of drug-likeness (QED) is 0.706. The number of nitrogens with two attached hydrogens (primary N) is 1. The van der Waals surface area contributed by atoms with Crippen molar-refractivity contribution in [3.8, 4) is 0 Å². The first-order valence-electron chi connectivity index (χ1n) is 5.45. The molecule has 0 saturated heterocycles. The van der Waals surface area contributed by atoms with Crippen molar-refractivity contribution in [1.82, 2.24) is 0 Å². The Morgan fingerprint density at radius 3 is 2.93 bits per heavy atom. The molecule has 0 aromatic heterocycles. The van der Waals surface area contributed by atoms with E-state index in [0.29, 0.717) is 6.04 Å². The highest BCUT2D eigenvalue weighted by molar-refractivity contribution is 5.57. The zero-order chi connectivity index (χ0) is 9.54. The van der Waals surface area contributed by atoms with Gasteiger partial charge in [-0.2, -0.15) is 0 Å². The highest BCUT2D eigenvalue weighted by Crippen LogP contribution is 2.37. The van der Waals surface area contributed by atoms with Gasteiger partial charge in [0, 0.05) is 18.3 Å². The lowest BCUT2D eigenvalue weighted by Crippen LogP contribution is -2.34. The SMILES string of the molecule is NC1CC(c2ccc3c(c2)CCN3)C1. The fraction of sp³-hybridized carbons (Fsp3) is 0.500. The molecule has 0 amide bonds. The lowest BCUT2D eigenvalue weighted by molar-refractivity contribution is 0.351. The van der Waals surface area contributed by atoms with Crippen molar-refractivity contribution < 1.29 is 0 Å². The number of hydrogen-bond acceptors (Lipinski definition) is 2. The first-order chi connectivity index (χ1) is 6.83. The van der Waals surface area contributed by atoms with E-state index in [0.717, 1.165) is 12.5 Å². The van der Waals surface area contributed by atoms with E-state index in [1.807, 2.05) is 0 Å². The maximum absolute atomic E-state index is 5.81. The van der Waals surface area contributed by atoms with Crippen molar-refractivity contribution in [2.45, 2.75) is 31.2 Å². The van der Waals surface area contributed by atoms with Crippen molar-refractivity contribution in [2.75, 3.05) is 11.9 Å². The Morgan fingerprint density at radius 1 is 1.29 bits per heavy atom. The van der Waals surface area contributed by atoms with E-state index in [2.05, 4.69) is 23.5 Å². The zero-order valence-corrected chi connectivity index (χ0v) is 8.29. The van der Waals surface area contributed by atoms with E-state index in [1.165, 1.54) is 36.1 Å². The Kier molecular flexibility index (Phi) is 1.77. The molecule has 1 heterocycles.